The summed E-state index contributed by atoms with van der Waals surface area (Å²) in [6.45, 7) is 0. The molecule has 1 aromatic carbocycles. The minimum Gasteiger partial charge on any atom is -0.253 e. The first-order chi connectivity index (χ1) is 7.18. The molecule has 0 unspecified atom stereocenters. The largest absolute Gasteiger partial charge is 0.253 e. The average Bonchev–Trinajstić information content (AvgIpc) is 2.23. The number of halogens is 3. The smallest absolute Gasteiger partial charge is 0.149 e. The normalized spacial score (nSPS) is 10.3. The van der Waals surface area contributed by atoms with E-state index in [2.05, 4.69) is 20.9 Å². The third-order valence-electron chi connectivity index (χ3n) is 1.94. The van der Waals surface area contributed by atoms with E-state index in [-0.39, 0.29) is 11.3 Å². The van der Waals surface area contributed by atoms with Crippen molar-refractivity contribution in [3.63, 3.8) is 0 Å². The highest BCUT2D eigenvalue weighted by atomic mass is 79.9. The zero-order valence-corrected chi connectivity index (χ0v) is 9.13. The summed E-state index contributed by atoms with van der Waals surface area (Å²) < 4.78 is 27.4. The van der Waals surface area contributed by atoms with Gasteiger partial charge in [-0.05, 0) is 30.3 Å². The third-order valence-corrected chi connectivity index (χ3v) is 2.44. The SMILES string of the molecule is Fc1ccc(Br)cc1-c1ncccc1F. The van der Waals surface area contributed by atoms with Crippen molar-refractivity contribution in [2.24, 2.45) is 0 Å². The van der Waals surface area contributed by atoms with Crippen molar-refractivity contribution < 1.29 is 8.78 Å². The molecule has 1 heterocycles. The Balaban J connectivity index is 2.64. The van der Waals surface area contributed by atoms with Gasteiger partial charge in [0, 0.05) is 16.2 Å². The van der Waals surface area contributed by atoms with Crippen LogP contribution in [0.25, 0.3) is 11.3 Å². The predicted octanol–water partition coefficient (Wildman–Crippen LogP) is 3.79. The molecule has 0 radical (unpaired) electrons. The number of aromatic nitrogens is 1. The number of pyridine rings is 1. The lowest BCUT2D eigenvalue weighted by atomic mass is 10.1. The van der Waals surface area contributed by atoms with Crippen LogP contribution in [0.15, 0.2) is 41.0 Å². The van der Waals surface area contributed by atoms with E-state index < -0.39 is 11.6 Å². The summed E-state index contributed by atoms with van der Waals surface area (Å²) >= 11 is 3.20. The van der Waals surface area contributed by atoms with Gasteiger partial charge in [0.05, 0.1) is 0 Å². The molecule has 0 amide bonds. The Hall–Kier alpha value is -1.29. The quantitative estimate of drug-likeness (QED) is 0.768. The molecular formula is C11H6BrF2N. The van der Waals surface area contributed by atoms with Crippen molar-refractivity contribution in [3.8, 4) is 11.3 Å². The van der Waals surface area contributed by atoms with Gasteiger partial charge in [-0.25, -0.2) is 8.78 Å². The van der Waals surface area contributed by atoms with Crippen LogP contribution in [0.2, 0.25) is 0 Å². The molecule has 0 saturated heterocycles. The van der Waals surface area contributed by atoms with Crippen LogP contribution in [0, 0.1) is 11.6 Å². The Morgan fingerprint density at radius 3 is 2.60 bits per heavy atom. The number of rotatable bonds is 1. The summed E-state index contributed by atoms with van der Waals surface area (Å²) in [6, 6.07) is 7.05. The zero-order chi connectivity index (χ0) is 10.8. The van der Waals surface area contributed by atoms with Crippen LogP contribution in [0.1, 0.15) is 0 Å². The topological polar surface area (TPSA) is 12.9 Å². The maximum Gasteiger partial charge on any atom is 0.149 e. The predicted molar refractivity (Wildman–Crippen MR) is 57.3 cm³/mol. The summed E-state index contributed by atoms with van der Waals surface area (Å²) in [6.07, 6.45) is 1.43. The average molecular weight is 270 g/mol. The Bertz CT molecular complexity index is 500. The minimum absolute atomic E-state index is 0.0244. The van der Waals surface area contributed by atoms with Gasteiger partial charge in [0.1, 0.15) is 17.3 Å². The molecule has 0 bridgehead atoms. The van der Waals surface area contributed by atoms with E-state index in [1.807, 2.05) is 0 Å². The van der Waals surface area contributed by atoms with Gasteiger partial charge >= 0.3 is 0 Å². The maximum atomic E-state index is 13.4. The third kappa shape index (κ3) is 2.04. The highest BCUT2D eigenvalue weighted by Gasteiger charge is 2.10. The first-order valence-electron chi connectivity index (χ1n) is 4.24. The van der Waals surface area contributed by atoms with Crippen molar-refractivity contribution in [1.29, 1.82) is 0 Å². The lowest BCUT2D eigenvalue weighted by Gasteiger charge is -2.03. The monoisotopic (exact) mass is 269 g/mol. The molecule has 2 rings (SSSR count). The van der Waals surface area contributed by atoms with Crippen LogP contribution in [0.3, 0.4) is 0 Å². The lowest BCUT2D eigenvalue weighted by molar-refractivity contribution is 0.611. The van der Waals surface area contributed by atoms with Gasteiger partial charge in [-0.1, -0.05) is 15.9 Å². The fourth-order valence-electron chi connectivity index (χ4n) is 1.26. The van der Waals surface area contributed by atoms with Gasteiger partial charge in [0.2, 0.25) is 0 Å². The molecule has 0 aliphatic rings. The second-order valence-electron chi connectivity index (χ2n) is 2.96. The number of benzene rings is 1. The van der Waals surface area contributed by atoms with E-state index >= 15 is 0 Å². The van der Waals surface area contributed by atoms with Crippen molar-refractivity contribution in [2.75, 3.05) is 0 Å². The summed E-state index contributed by atoms with van der Waals surface area (Å²) in [7, 11) is 0. The molecule has 0 aliphatic heterocycles. The first-order valence-corrected chi connectivity index (χ1v) is 5.04. The molecule has 4 heteroatoms. The Morgan fingerprint density at radius 2 is 1.87 bits per heavy atom. The highest BCUT2D eigenvalue weighted by Crippen LogP contribution is 2.26. The number of nitrogens with zero attached hydrogens (tertiary/aromatic N) is 1. The molecule has 76 valence electrons. The van der Waals surface area contributed by atoms with Gasteiger partial charge in [-0.3, -0.25) is 4.98 Å². The van der Waals surface area contributed by atoms with Crippen LogP contribution < -0.4 is 0 Å². The van der Waals surface area contributed by atoms with E-state index in [9.17, 15) is 8.78 Å². The van der Waals surface area contributed by atoms with Crippen molar-refractivity contribution in [1.82, 2.24) is 4.98 Å². The highest BCUT2D eigenvalue weighted by molar-refractivity contribution is 9.10. The molecule has 0 fully saturated rings. The molecule has 15 heavy (non-hydrogen) atoms. The van der Waals surface area contributed by atoms with E-state index in [0.717, 1.165) is 0 Å². The second kappa shape index (κ2) is 4.06. The maximum absolute atomic E-state index is 13.4. The molecule has 1 aromatic heterocycles. The molecule has 0 saturated carbocycles. The van der Waals surface area contributed by atoms with Crippen LogP contribution in [0.5, 0.6) is 0 Å². The van der Waals surface area contributed by atoms with Crippen LogP contribution in [-0.4, -0.2) is 4.98 Å². The minimum atomic E-state index is -0.533. The summed E-state index contributed by atoms with van der Waals surface area (Å²) in [5.41, 5.74) is 0.179. The van der Waals surface area contributed by atoms with Crippen molar-refractivity contribution in [2.45, 2.75) is 0 Å². The van der Waals surface area contributed by atoms with E-state index in [1.54, 1.807) is 6.07 Å². The Kier molecular flexibility index (Phi) is 2.77. The number of hydrogen-bond donors (Lipinski definition) is 0. The van der Waals surface area contributed by atoms with E-state index in [0.29, 0.717) is 4.47 Å². The lowest BCUT2D eigenvalue weighted by Crippen LogP contribution is -1.91. The molecule has 0 spiro atoms. The summed E-state index contributed by atoms with van der Waals surface area (Å²) in [4.78, 5) is 3.81. The van der Waals surface area contributed by atoms with Gasteiger partial charge in [-0.2, -0.15) is 0 Å². The molecule has 0 aliphatic carbocycles. The van der Waals surface area contributed by atoms with E-state index in [1.165, 1.54) is 30.5 Å². The fraction of sp³-hybridized carbons (Fsp3) is 0. The molecule has 0 atom stereocenters. The van der Waals surface area contributed by atoms with Gasteiger partial charge in [0.25, 0.3) is 0 Å². The van der Waals surface area contributed by atoms with Crippen LogP contribution >= 0.6 is 15.9 Å². The van der Waals surface area contributed by atoms with Crippen LogP contribution in [0.4, 0.5) is 8.78 Å². The molecular weight excluding hydrogens is 264 g/mol. The fourth-order valence-corrected chi connectivity index (χ4v) is 1.62. The van der Waals surface area contributed by atoms with E-state index in [4.69, 9.17) is 0 Å². The first kappa shape index (κ1) is 10.2. The van der Waals surface area contributed by atoms with Gasteiger partial charge in [-0.15, -0.1) is 0 Å². The summed E-state index contributed by atoms with van der Waals surface area (Å²) in [5.74, 6) is -1.02. The van der Waals surface area contributed by atoms with Crippen molar-refractivity contribution in [3.05, 3.63) is 52.6 Å². The molecule has 0 N–H and O–H groups in total. The molecule has 1 nitrogen and oxygen atoms in total. The number of hydrogen-bond acceptors (Lipinski definition) is 1. The van der Waals surface area contributed by atoms with Crippen LogP contribution in [-0.2, 0) is 0 Å². The van der Waals surface area contributed by atoms with Crippen molar-refractivity contribution >= 4 is 15.9 Å². The zero-order valence-electron chi connectivity index (χ0n) is 7.55. The Morgan fingerprint density at radius 1 is 1.07 bits per heavy atom. The summed E-state index contributed by atoms with van der Waals surface area (Å²) in [5, 5.41) is 0. The second-order valence-corrected chi connectivity index (χ2v) is 3.87. The van der Waals surface area contributed by atoms with Gasteiger partial charge in [0.15, 0.2) is 0 Å². The molecule has 2 aromatic rings. The Labute approximate surface area is 93.9 Å². The standard InChI is InChI=1S/C11H6BrF2N/c12-7-3-4-9(13)8(6-7)11-10(14)2-1-5-15-11/h1-6H. The van der Waals surface area contributed by atoms with Gasteiger partial charge < -0.3 is 0 Å².